The van der Waals surface area contributed by atoms with E-state index in [1.807, 2.05) is 50.2 Å². The van der Waals surface area contributed by atoms with Gasteiger partial charge in [0.05, 0.1) is 13.2 Å². The number of carbonyl (C=O) groups excluding carboxylic acids is 2. The number of rotatable bonds is 10. The number of nitrogens with one attached hydrogen (secondary N) is 1. The number of furan rings is 1. The second-order valence-corrected chi connectivity index (χ2v) is 8.05. The van der Waals surface area contributed by atoms with Gasteiger partial charge in [0.1, 0.15) is 23.9 Å². The Labute approximate surface area is 199 Å². The zero-order valence-electron chi connectivity index (χ0n) is 19.7. The van der Waals surface area contributed by atoms with Gasteiger partial charge < -0.3 is 24.3 Å². The molecule has 0 unspecified atom stereocenters. The molecule has 180 valence electrons. The Morgan fingerprint density at radius 1 is 0.971 bits per heavy atom. The van der Waals surface area contributed by atoms with Crippen LogP contribution in [0.2, 0.25) is 0 Å². The summed E-state index contributed by atoms with van der Waals surface area (Å²) in [4.78, 5) is 29.4. The fraction of sp³-hybridized carbons (Fsp3) is 0.308. The van der Waals surface area contributed by atoms with E-state index in [9.17, 15) is 14.0 Å². The van der Waals surface area contributed by atoms with E-state index < -0.39 is 6.03 Å². The first-order chi connectivity index (χ1) is 16.4. The fourth-order valence-corrected chi connectivity index (χ4v) is 3.43. The van der Waals surface area contributed by atoms with Crippen LogP contribution in [0.3, 0.4) is 0 Å². The van der Waals surface area contributed by atoms with Crippen molar-refractivity contribution in [2.24, 2.45) is 0 Å². The van der Waals surface area contributed by atoms with Crippen molar-refractivity contribution in [3.05, 3.63) is 89.1 Å². The molecule has 0 saturated heterocycles. The van der Waals surface area contributed by atoms with Crippen LogP contribution >= 0.6 is 0 Å². The molecule has 0 fully saturated rings. The molecule has 0 radical (unpaired) electrons. The van der Waals surface area contributed by atoms with E-state index in [4.69, 9.17) is 9.15 Å². The molecule has 0 bridgehead atoms. The molecule has 2 aromatic carbocycles. The Morgan fingerprint density at radius 2 is 1.71 bits per heavy atom. The Bertz CT molecular complexity index is 1100. The van der Waals surface area contributed by atoms with E-state index >= 15 is 0 Å². The van der Waals surface area contributed by atoms with Crippen molar-refractivity contribution < 1.29 is 23.1 Å². The molecule has 1 heterocycles. The quantitative estimate of drug-likeness (QED) is 0.467. The summed E-state index contributed by atoms with van der Waals surface area (Å²) in [7, 11) is 1.54. The number of methoxy groups -OCH3 is 1. The molecule has 0 aliphatic carbocycles. The molecule has 7 nitrogen and oxygen atoms in total. The highest BCUT2D eigenvalue weighted by molar-refractivity contribution is 5.93. The van der Waals surface area contributed by atoms with Gasteiger partial charge in [0.15, 0.2) is 0 Å². The number of halogens is 1. The van der Waals surface area contributed by atoms with Gasteiger partial charge in [-0.3, -0.25) is 4.79 Å². The summed E-state index contributed by atoms with van der Waals surface area (Å²) in [5, 5.41) is 2.87. The molecule has 0 aliphatic rings. The summed E-state index contributed by atoms with van der Waals surface area (Å²) in [5.74, 6) is 0.751. The van der Waals surface area contributed by atoms with Gasteiger partial charge >= 0.3 is 6.03 Å². The van der Waals surface area contributed by atoms with E-state index in [1.165, 1.54) is 17.0 Å². The first-order valence-electron chi connectivity index (χ1n) is 11.0. The van der Waals surface area contributed by atoms with Crippen LogP contribution in [0.4, 0.5) is 14.9 Å². The van der Waals surface area contributed by atoms with Crippen LogP contribution in [-0.4, -0.2) is 48.5 Å². The number of hydrogen-bond acceptors (Lipinski definition) is 4. The maximum absolute atomic E-state index is 13.4. The van der Waals surface area contributed by atoms with Gasteiger partial charge in [-0.25, -0.2) is 9.18 Å². The van der Waals surface area contributed by atoms with Crippen LogP contribution in [0.25, 0.3) is 0 Å². The molecule has 3 rings (SSSR count). The second kappa shape index (κ2) is 12.0. The van der Waals surface area contributed by atoms with Crippen LogP contribution in [0.5, 0.6) is 0 Å². The van der Waals surface area contributed by atoms with Crippen molar-refractivity contribution in [3.63, 3.8) is 0 Å². The Hall–Kier alpha value is -3.65. The largest absolute Gasteiger partial charge is 0.464 e. The number of hydrogen-bond donors (Lipinski definition) is 1. The number of urea groups is 1. The summed E-state index contributed by atoms with van der Waals surface area (Å²) >= 11 is 0. The molecule has 1 aromatic heterocycles. The van der Waals surface area contributed by atoms with Gasteiger partial charge in [-0.1, -0.05) is 30.3 Å². The molecule has 8 heteroatoms. The van der Waals surface area contributed by atoms with Crippen molar-refractivity contribution in [2.75, 3.05) is 32.1 Å². The van der Waals surface area contributed by atoms with Crippen molar-refractivity contribution in [1.29, 1.82) is 0 Å². The summed E-state index contributed by atoms with van der Waals surface area (Å²) in [6.07, 6.45) is 0. The third-order valence-corrected chi connectivity index (χ3v) is 5.35. The molecular weight excluding hydrogens is 437 g/mol. The SMILES string of the molecule is COCCN(CC(=O)N(Cc1ccc(F)cc1)Cc1ccc(C)o1)C(=O)Nc1ccccc1C. The van der Waals surface area contributed by atoms with Crippen LogP contribution in [0.1, 0.15) is 22.6 Å². The molecule has 0 spiro atoms. The normalized spacial score (nSPS) is 10.7. The maximum Gasteiger partial charge on any atom is 0.322 e. The average Bonchev–Trinajstić information content (AvgIpc) is 3.23. The van der Waals surface area contributed by atoms with Gasteiger partial charge in [-0.2, -0.15) is 0 Å². The van der Waals surface area contributed by atoms with Gasteiger partial charge in [0.2, 0.25) is 5.91 Å². The second-order valence-electron chi connectivity index (χ2n) is 8.05. The van der Waals surface area contributed by atoms with Crippen molar-refractivity contribution in [1.82, 2.24) is 9.80 Å². The highest BCUT2D eigenvalue weighted by Crippen LogP contribution is 2.16. The first-order valence-corrected chi connectivity index (χ1v) is 11.0. The minimum absolute atomic E-state index is 0.151. The molecule has 3 amide bonds. The third kappa shape index (κ3) is 7.18. The number of nitrogens with zero attached hydrogens (tertiary/aromatic N) is 2. The standard InChI is InChI=1S/C26H30FN3O4/c1-19-6-4-5-7-24(19)28-26(32)29(14-15-33-3)18-25(31)30(17-23-13-8-20(2)34-23)16-21-9-11-22(27)12-10-21/h4-13H,14-18H2,1-3H3,(H,28,32). The Kier molecular flexibility index (Phi) is 8.81. The molecule has 3 aromatic rings. The Morgan fingerprint density at radius 3 is 2.35 bits per heavy atom. The minimum atomic E-state index is -0.393. The van der Waals surface area contributed by atoms with Gasteiger partial charge in [0, 0.05) is 25.9 Å². The monoisotopic (exact) mass is 467 g/mol. The fourth-order valence-electron chi connectivity index (χ4n) is 3.43. The van der Waals surface area contributed by atoms with Crippen LogP contribution in [0, 0.1) is 19.7 Å². The lowest BCUT2D eigenvalue weighted by Crippen LogP contribution is -2.45. The van der Waals surface area contributed by atoms with E-state index in [0.717, 1.165) is 16.9 Å². The highest BCUT2D eigenvalue weighted by Gasteiger charge is 2.23. The summed E-state index contributed by atoms with van der Waals surface area (Å²) < 4.78 is 24.2. The van der Waals surface area contributed by atoms with Crippen LogP contribution < -0.4 is 5.32 Å². The van der Waals surface area contributed by atoms with Crippen LogP contribution in [-0.2, 0) is 22.6 Å². The number of amides is 3. The molecule has 0 saturated carbocycles. The number of anilines is 1. The summed E-state index contributed by atoms with van der Waals surface area (Å²) in [6, 6.07) is 16.7. The predicted molar refractivity (Wildman–Crippen MR) is 128 cm³/mol. The molecule has 0 atom stereocenters. The third-order valence-electron chi connectivity index (χ3n) is 5.35. The molecular formula is C26H30FN3O4. The molecule has 0 aliphatic heterocycles. The highest BCUT2D eigenvalue weighted by atomic mass is 19.1. The lowest BCUT2D eigenvalue weighted by Gasteiger charge is -2.27. The summed E-state index contributed by atoms with van der Waals surface area (Å²) in [5.41, 5.74) is 2.36. The van der Waals surface area contributed by atoms with Gasteiger partial charge in [0.25, 0.3) is 0 Å². The average molecular weight is 468 g/mol. The number of carbonyl (C=O) groups is 2. The number of aryl methyl sites for hydroxylation is 2. The smallest absolute Gasteiger partial charge is 0.322 e. The Balaban J connectivity index is 1.77. The molecule has 34 heavy (non-hydrogen) atoms. The van der Waals surface area contributed by atoms with E-state index in [-0.39, 0.29) is 44.5 Å². The minimum Gasteiger partial charge on any atom is -0.464 e. The van der Waals surface area contributed by atoms with Crippen molar-refractivity contribution in [3.8, 4) is 0 Å². The van der Waals surface area contributed by atoms with Gasteiger partial charge in [-0.15, -0.1) is 0 Å². The first kappa shape index (κ1) is 25.0. The topological polar surface area (TPSA) is 75.0 Å². The van der Waals surface area contributed by atoms with E-state index in [1.54, 1.807) is 24.1 Å². The summed E-state index contributed by atoms with van der Waals surface area (Å²) in [6.45, 7) is 4.57. The van der Waals surface area contributed by atoms with E-state index in [2.05, 4.69) is 5.32 Å². The van der Waals surface area contributed by atoms with E-state index in [0.29, 0.717) is 11.4 Å². The number of para-hydroxylation sites is 1. The zero-order chi connectivity index (χ0) is 24.5. The van der Waals surface area contributed by atoms with Crippen molar-refractivity contribution in [2.45, 2.75) is 26.9 Å². The molecule has 1 N–H and O–H groups in total. The number of benzene rings is 2. The van der Waals surface area contributed by atoms with Crippen molar-refractivity contribution >= 4 is 17.6 Å². The lowest BCUT2D eigenvalue weighted by atomic mass is 10.2. The maximum atomic E-state index is 13.4. The van der Waals surface area contributed by atoms with Crippen LogP contribution in [0.15, 0.2) is 65.1 Å². The number of ether oxygens (including phenoxy) is 1. The predicted octanol–water partition coefficient (Wildman–Crippen LogP) is 4.74. The zero-order valence-corrected chi connectivity index (χ0v) is 19.7. The van der Waals surface area contributed by atoms with Gasteiger partial charge in [-0.05, 0) is 55.3 Å². The lowest BCUT2D eigenvalue weighted by molar-refractivity contribution is -0.133.